The lowest BCUT2D eigenvalue weighted by Crippen LogP contribution is -2.36. The number of esters is 1. The van der Waals surface area contributed by atoms with Crippen molar-refractivity contribution in [2.75, 3.05) is 6.61 Å². The third-order valence-corrected chi connectivity index (χ3v) is 4.71. The Kier molecular flexibility index (Phi) is 6.37. The number of aromatic amines is 1. The summed E-state index contributed by atoms with van der Waals surface area (Å²) in [5.41, 5.74) is 4.56. The smallest absolute Gasteiger partial charge is 0.340 e. The molecule has 1 heterocycles. The number of H-pyrrole nitrogens is 1. The largest absolute Gasteiger partial charge is 0.462 e. The van der Waals surface area contributed by atoms with Crippen LogP contribution in [0.1, 0.15) is 70.0 Å². The van der Waals surface area contributed by atoms with Gasteiger partial charge in [0.1, 0.15) is 0 Å². The molecule has 0 unspecified atom stereocenters. The van der Waals surface area contributed by atoms with E-state index in [0.717, 1.165) is 0 Å². The van der Waals surface area contributed by atoms with E-state index in [1.807, 2.05) is 26.0 Å². The van der Waals surface area contributed by atoms with E-state index in [1.165, 1.54) is 11.1 Å². The van der Waals surface area contributed by atoms with Crippen LogP contribution in [0.15, 0.2) is 24.3 Å². The Balaban J connectivity index is 2.20. The summed E-state index contributed by atoms with van der Waals surface area (Å²) < 4.78 is 5.09. The quantitative estimate of drug-likeness (QED) is 0.580. The number of carbonyl (C=O) groups is 2. The van der Waals surface area contributed by atoms with Gasteiger partial charge in [0.15, 0.2) is 5.78 Å². The third kappa shape index (κ3) is 4.05. The molecular formula is C21H28N2O3. The fourth-order valence-corrected chi connectivity index (χ4v) is 3.34. The second kappa shape index (κ2) is 8.32. The number of ketones is 1. The first-order valence-electron chi connectivity index (χ1n) is 8.99. The Labute approximate surface area is 155 Å². The van der Waals surface area contributed by atoms with Crippen molar-refractivity contribution in [2.45, 2.75) is 53.6 Å². The monoisotopic (exact) mass is 356 g/mol. The topological polar surface area (TPSA) is 71.2 Å². The highest BCUT2D eigenvalue weighted by Crippen LogP contribution is 2.22. The number of rotatable bonds is 7. The minimum absolute atomic E-state index is 0.0380. The lowest BCUT2D eigenvalue weighted by molar-refractivity contribution is 0.0525. The SMILES string of the molecule is CCOC(=O)c1c(C)[nH]c(C(=O)[C@H](C)N[C@@H](C)c2ccccc2C)c1C. The number of carbonyl (C=O) groups excluding carboxylic acids is 2. The van der Waals surface area contributed by atoms with E-state index in [4.69, 9.17) is 4.74 Å². The van der Waals surface area contributed by atoms with Gasteiger partial charge in [-0.15, -0.1) is 0 Å². The zero-order valence-corrected chi connectivity index (χ0v) is 16.4. The molecular weight excluding hydrogens is 328 g/mol. The van der Waals surface area contributed by atoms with Crippen LogP contribution < -0.4 is 5.32 Å². The van der Waals surface area contributed by atoms with Crippen molar-refractivity contribution >= 4 is 11.8 Å². The van der Waals surface area contributed by atoms with Gasteiger partial charge in [-0.3, -0.25) is 4.79 Å². The minimum Gasteiger partial charge on any atom is -0.462 e. The van der Waals surface area contributed by atoms with E-state index in [-0.39, 0.29) is 11.8 Å². The van der Waals surface area contributed by atoms with Crippen LogP contribution in [0.3, 0.4) is 0 Å². The van der Waals surface area contributed by atoms with Gasteiger partial charge in [0.2, 0.25) is 0 Å². The van der Waals surface area contributed by atoms with E-state index >= 15 is 0 Å². The molecule has 26 heavy (non-hydrogen) atoms. The second-order valence-electron chi connectivity index (χ2n) is 6.68. The van der Waals surface area contributed by atoms with Gasteiger partial charge in [0.05, 0.1) is 23.9 Å². The number of nitrogens with one attached hydrogen (secondary N) is 2. The fraction of sp³-hybridized carbons (Fsp3) is 0.429. The molecule has 0 saturated carbocycles. The van der Waals surface area contributed by atoms with Gasteiger partial charge in [-0.1, -0.05) is 24.3 Å². The average Bonchev–Trinajstić information content (AvgIpc) is 2.89. The first kappa shape index (κ1) is 19.9. The van der Waals surface area contributed by atoms with Gasteiger partial charge in [-0.25, -0.2) is 4.79 Å². The maximum Gasteiger partial charge on any atom is 0.340 e. The molecule has 1 aromatic carbocycles. The molecule has 0 aliphatic rings. The van der Waals surface area contributed by atoms with E-state index in [2.05, 4.69) is 29.4 Å². The second-order valence-corrected chi connectivity index (χ2v) is 6.68. The molecule has 2 rings (SSSR count). The normalized spacial score (nSPS) is 13.3. The van der Waals surface area contributed by atoms with Crippen LogP contribution in [0, 0.1) is 20.8 Å². The molecule has 2 aromatic rings. The molecule has 140 valence electrons. The first-order valence-corrected chi connectivity index (χ1v) is 8.99. The number of hydrogen-bond acceptors (Lipinski definition) is 4. The summed E-state index contributed by atoms with van der Waals surface area (Å²) in [5, 5.41) is 3.36. The van der Waals surface area contributed by atoms with Gasteiger partial charge >= 0.3 is 5.97 Å². The fourth-order valence-electron chi connectivity index (χ4n) is 3.34. The lowest BCUT2D eigenvalue weighted by Gasteiger charge is -2.21. The molecule has 0 aliphatic carbocycles. The summed E-state index contributed by atoms with van der Waals surface area (Å²) in [5.74, 6) is -0.465. The number of hydrogen-bond donors (Lipinski definition) is 2. The first-order chi connectivity index (χ1) is 12.3. The molecule has 1 aromatic heterocycles. The minimum atomic E-state index is -0.397. The predicted molar refractivity (Wildman–Crippen MR) is 103 cm³/mol. The highest BCUT2D eigenvalue weighted by molar-refractivity contribution is 6.03. The maximum atomic E-state index is 12.9. The molecule has 0 bridgehead atoms. The van der Waals surface area contributed by atoms with Crippen LogP contribution in [-0.2, 0) is 4.74 Å². The Morgan fingerprint density at radius 1 is 1.15 bits per heavy atom. The van der Waals surface area contributed by atoms with E-state index in [9.17, 15) is 9.59 Å². The van der Waals surface area contributed by atoms with Crippen molar-refractivity contribution in [3.8, 4) is 0 Å². The van der Waals surface area contributed by atoms with Crippen LogP contribution in [-0.4, -0.2) is 29.4 Å². The molecule has 5 nitrogen and oxygen atoms in total. The Bertz CT molecular complexity index is 808. The van der Waals surface area contributed by atoms with E-state index < -0.39 is 12.0 Å². The highest BCUT2D eigenvalue weighted by atomic mass is 16.5. The van der Waals surface area contributed by atoms with Crippen molar-refractivity contribution in [3.05, 3.63) is 57.9 Å². The van der Waals surface area contributed by atoms with Crippen molar-refractivity contribution in [2.24, 2.45) is 0 Å². The van der Waals surface area contributed by atoms with Crippen LogP contribution in [0.5, 0.6) is 0 Å². The summed E-state index contributed by atoms with van der Waals surface area (Å²) >= 11 is 0. The molecule has 2 atom stereocenters. The summed E-state index contributed by atoms with van der Waals surface area (Å²) in [7, 11) is 0. The molecule has 0 fully saturated rings. The van der Waals surface area contributed by atoms with Gasteiger partial charge in [0, 0.05) is 11.7 Å². The molecule has 0 aliphatic heterocycles. The van der Waals surface area contributed by atoms with Crippen molar-refractivity contribution in [1.82, 2.24) is 10.3 Å². The van der Waals surface area contributed by atoms with E-state index in [1.54, 1.807) is 20.8 Å². The molecule has 2 N–H and O–H groups in total. The number of ether oxygens (including phenoxy) is 1. The number of aryl methyl sites for hydroxylation is 2. The van der Waals surface area contributed by atoms with Gasteiger partial charge in [-0.05, 0) is 58.2 Å². The van der Waals surface area contributed by atoms with Crippen LogP contribution in [0.4, 0.5) is 0 Å². The molecule has 0 spiro atoms. The highest BCUT2D eigenvalue weighted by Gasteiger charge is 2.26. The maximum absolute atomic E-state index is 12.9. The Morgan fingerprint density at radius 3 is 2.42 bits per heavy atom. The van der Waals surface area contributed by atoms with Crippen LogP contribution in [0.2, 0.25) is 0 Å². The van der Waals surface area contributed by atoms with Crippen LogP contribution in [0.25, 0.3) is 0 Å². The molecule has 0 radical (unpaired) electrons. The molecule has 5 heteroatoms. The van der Waals surface area contributed by atoms with Gasteiger partial charge in [-0.2, -0.15) is 0 Å². The summed E-state index contributed by atoms with van der Waals surface area (Å²) in [6.07, 6.45) is 0. The summed E-state index contributed by atoms with van der Waals surface area (Å²) in [6, 6.07) is 7.77. The average molecular weight is 356 g/mol. The zero-order valence-electron chi connectivity index (χ0n) is 16.4. The van der Waals surface area contributed by atoms with Crippen molar-refractivity contribution in [3.63, 3.8) is 0 Å². The van der Waals surface area contributed by atoms with E-state index in [0.29, 0.717) is 29.1 Å². The molecule has 0 saturated heterocycles. The Hall–Kier alpha value is -2.40. The number of Topliss-reactive ketones (excluding diaryl/α,β-unsaturated/α-hetero) is 1. The zero-order chi connectivity index (χ0) is 19.4. The predicted octanol–water partition coefficient (Wildman–Crippen LogP) is 4.04. The number of aromatic nitrogens is 1. The van der Waals surface area contributed by atoms with Crippen molar-refractivity contribution in [1.29, 1.82) is 0 Å². The Morgan fingerprint density at radius 2 is 1.81 bits per heavy atom. The number of benzene rings is 1. The standard InChI is InChI=1S/C21H28N2O3/c1-7-26-21(25)18-13(3)19(23-15(18)5)20(24)16(6)22-14(4)17-11-9-8-10-12(17)2/h8-11,14,16,22-23H,7H2,1-6H3/t14-,16-/m0/s1. The van der Waals surface area contributed by atoms with Crippen molar-refractivity contribution < 1.29 is 14.3 Å². The van der Waals surface area contributed by atoms with Gasteiger partial charge in [0.25, 0.3) is 0 Å². The summed E-state index contributed by atoms with van der Waals surface area (Å²) in [6.45, 7) is 11.6. The van der Waals surface area contributed by atoms with Crippen LogP contribution >= 0.6 is 0 Å². The summed E-state index contributed by atoms with van der Waals surface area (Å²) in [4.78, 5) is 28.1. The third-order valence-electron chi connectivity index (χ3n) is 4.71. The lowest BCUT2D eigenvalue weighted by atomic mass is 10.00. The molecule has 0 amide bonds. The van der Waals surface area contributed by atoms with Gasteiger partial charge < -0.3 is 15.0 Å².